The third-order valence-corrected chi connectivity index (χ3v) is 4.57. The van der Waals surface area contributed by atoms with Gasteiger partial charge in [-0.15, -0.1) is 0 Å². The highest BCUT2D eigenvalue weighted by Gasteiger charge is 2.26. The molecule has 4 nitrogen and oxygen atoms in total. The lowest BCUT2D eigenvalue weighted by atomic mass is 9.97. The number of hydrogen-bond acceptors (Lipinski definition) is 4. The summed E-state index contributed by atoms with van der Waals surface area (Å²) >= 11 is 0. The van der Waals surface area contributed by atoms with Gasteiger partial charge in [0.2, 0.25) is 0 Å². The van der Waals surface area contributed by atoms with Gasteiger partial charge in [-0.1, -0.05) is 6.42 Å². The quantitative estimate of drug-likeness (QED) is 0.755. The molecule has 4 N–H and O–H groups in total. The number of nitrogens with one attached hydrogen (secondary N) is 1. The van der Waals surface area contributed by atoms with Crippen molar-refractivity contribution >= 4 is 22.3 Å². The molecule has 21 heavy (non-hydrogen) atoms. The molecule has 0 amide bonds. The number of aromatic nitrogens is 1. The van der Waals surface area contributed by atoms with Gasteiger partial charge in [-0.2, -0.15) is 0 Å². The van der Waals surface area contributed by atoms with E-state index < -0.39 is 0 Å². The predicted octanol–water partition coefficient (Wildman–Crippen LogP) is 2.95. The molecule has 2 atom stereocenters. The lowest BCUT2D eigenvalue weighted by Gasteiger charge is -2.19. The van der Waals surface area contributed by atoms with Gasteiger partial charge in [-0.25, -0.2) is 0 Å². The van der Waals surface area contributed by atoms with E-state index in [0.717, 1.165) is 40.9 Å². The summed E-state index contributed by atoms with van der Waals surface area (Å²) in [4.78, 5) is 4.55. The molecular weight excluding hydrogens is 262 g/mol. The highest BCUT2D eigenvalue weighted by atomic mass is 16.3. The number of benzene rings is 1. The Morgan fingerprint density at radius 2 is 2.10 bits per heavy atom. The van der Waals surface area contributed by atoms with Gasteiger partial charge in [0.05, 0.1) is 5.52 Å². The maximum Gasteiger partial charge on any atom is 0.0727 e. The van der Waals surface area contributed by atoms with Gasteiger partial charge in [-0.05, 0) is 55.9 Å². The molecule has 2 unspecified atom stereocenters. The van der Waals surface area contributed by atoms with Crippen LogP contribution in [0.2, 0.25) is 0 Å². The first-order valence-corrected chi connectivity index (χ1v) is 7.69. The van der Waals surface area contributed by atoms with Crippen LogP contribution in [0.15, 0.2) is 24.3 Å². The zero-order valence-corrected chi connectivity index (χ0v) is 12.5. The molecule has 0 bridgehead atoms. The van der Waals surface area contributed by atoms with Crippen molar-refractivity contribution in [2.24, 2.45) is 11.8 Å². The summed E-state index contributed by atoms with van der Waals surface area (Å²) in [5, 5.41) is 14.1. The van der Waals surface area contributed by atoms with Crippen LogP contribution in [0.25, 0.3) is 10.9 Å². The van der Waals surface area contributed by atoms with Gasteiger partial charge in [0, 0.05) is 35.6 Å². The monoisotopic (exact) mass is 285 g/mol. The van der Waals surface area contributed by atoms with Crippen molar-refractivity contribution in [2.75, 3.05) is 24.2 Å². The van der Waals surface area contributed by atoms with Crippen molar-refractivity contribution in [2.45, 2.75) is 26.2 Å². The Balaban J connectivity index is 1.84. The average molecular weight is 285 g/mol. The van der Waals surface area contributed by atoms with Crippen LogP contribution in [-0.4, -0.2) is 23.2 Å². The molecule has 2 aromatic rings. The van der Waals surface area contributed by atoms with Gasteiger partial charge in [0.25, 0.3) is 0 Å². The molecule has 1 fully saturated rings. The zero-order chi connectivity index (χ0) is 14.8. The molecular formula is C17H23N3O. The fourth-order valence-electron chi connectivity index (χ4n) is 3.39. The van der Waals surface area contributed by atoms with Crippen LogP contribution >= 0.6 is 0 Å². The van der Waals surface area contributed by atoms with Crippen molar-refractivity contribution < 1.29 is 5.11 Å². The van der Waals surface area contributed by atoms with E-state index in [0.29, 0.717) is 18.4 Å². The standard InChI is InChI=1S/C17H23N3O/c1-11-7-17(15-8-14(18)5-6-16(15)20-11)19-9-12-3-2-4-13(12)10-21/h5-8,12-13,21H,2-4,9-10,18H2,1H3,(H,19,20). The maximum absolute atomic E-state index is 9.43. The lowest BCUT2D eigenvalue weighted by molar-refractivity contribution is 0.199. The Labute approximate surface area is 125 Å². The predicted molar refractivity (Wildman–Crippen MR) is 87.3 cm³/mol. The SMILES string of the molecule is Cc1cc(NCC2CCCC2CO)c2cc(N)ccc2n1. The number of fused-ring (bicyclic) bond motifs is 1. The molecule has 1 aliphatic rings. The Hall–Kier alpha value is -1.81. The van der Waals surface area contributed by atoms with Crippen molar-refractivity contribution in [1.82, 2.24) is 4.98 Å². The molecule has 0 aliphatic heterocycles. The Morgan fingerprint density at radius 1 is 1.29 bits per heavy atom. The summed E-state index contributed by atoms with van der Waals surface area (Å²) in [5.41, 5.74) is 9.72. The largest absolute Gasteiger partial charge is 0.399 e. The summed E-state index contributed by atoms with van der Waals surface area (Å²) in [7, 11) is 0. The molecule has 3 rings (SSSR count). The van der Waals surface area contributed by atoms with Crippen LogP contribution in [0.5, 0.6) is 0 Å². The first kappa shape index (κ1) is 14.1. The van der Waals surface area contributed by atoms with Gasteiger partial charge in [-0.3, -0.25) is 4.98 Å². The number of pyridine rings is 1. The second-order valence-corrected chi connectivity index (χ2v) is 6.10. The van der Waals surface area contributed by atoms with Crippen molar-refractivity contribution in [3.63, 3.8) is 0 Å². The van der Waals surface area contributed by atoms with E-state index in [1.807, 2.05) is 25.1 Å². The molecule has 1 heterocycles. The molecule has 0 spiro atoms. The van der Waals surface area contributed by atoms with E-state index in [1.165, 1.54) is 12.8 Å². The molecule has 112 valence electrons. The summed E-state index contributed by atoms with van der Waals surface area (Å²) in [5.74, 6) is 0.997. The second-order valence-electron chi connectivity index (χ2n) is 6.10. The fraction of sp³-hybridized carbons (Fsp3) is 0.471. The van der Waals surface area contributed by atoms with Crippen molar-refractivity contribution in [1.29, 1.82) is 0 Å². The number of rotatable bonds is 4. The second kappa shape index (κ2) is 5.90. The van der Waals surface area contributed by atoms with Crippen LogP contribution in [0.3, 0.4) is 0 Å². The Kier molecular flexibility index (Phi) is 3.97. The van der Waals surface area contributed by atoms with E-state index in [9.17, 15) is 5.11 Å². The minimum atomic E-state index is 0.301. The highest BCUT2D eigenvalue weighted by Crippen LogP contribution is 2.32. The fourth-order valence-corrected chi connectivity index (χ4v) is 3.39. The minimum Gasteiger partial charge on any atom is -0.399 e. The van der Waals surface area contributed by atoms with E-state index in [4.69, 9.17) is 5.73 Å². The lowest BCUT2D eigenvalue weighted by Crippen LogP contribution is -2.21. The van der Waals surface area contributed by atoms with Crippen LogP contribution in [0, 0.1) is 18.8 Å². The number of nitrogens with zero attached hydrogens (tertiary/aromatic N) is 1. The number of aryl methyl sites for hydroxylation is 1. The summed E-state index contributed by atoms with van der Waals surface area (Å²) < 4.78 is 0. The van der Waals surface area contributed by atoms with Crippen LogP contribution in [-0.2, 0) is 0 Å². The summed E-state index contributed by atoms with van der Waals surface area (Å²) in [6.07, 6.45) is 3.56. The van der Waals surface area contributed by atoms with Gasteiger partial charge in [0.15, 0.2) is 0 Å². The minimum absolute atomic E-state index is 0.301. The molecule has 0 saturated heterocycles. The van der Waals surface area contributed by atoms with E-state index in [1.54, 1.807) is 0 Å². The number of nitrogens with two attached hydrogens (primary N) is 1. The molecule has 4 heteroatoms. The van der Waals surface area contributed by atoms with Crippen LogP contribution < -0.4 is 11.1 Å². The van der Waals surface area contributed by atoms with Gasteiger partial charge < -0.3 is 16.2 Å². The smallest absolute Gasteiger partial charge is 0.0727 e. The van der Waals surface area contributed by atoms with Crippen molar-refractivity contribution in [3.8, 4) is 0 Å². The van der Waals surface area contributed by atoms with Crippen LogP contribution in [0.4, 0.5) is 11.4 Å². The van der Waals surface area contributed by atoms with Crippen LogP contribution in [0.1, 0.15) is 25.0 Å². The molecule has 1 aromatic heterocycles. The van der Waals surface area contributed by atoms with E-state index in [-0.39, 0.29) is 0 Å². The average Bonchev–Trinajstić information content (AvgIpc) is 2.92. The number of aliphatic hydroxyl groups is 1. The van der Waals surface area contributed by atoms with E-state index in [2.05, 4.69) is 16.4 Å². The van der Waals surface area contributed by atoms with E-state index >= 15 is 0 Å². The summed E-state index contributed by atoms with van der Waals surface area (Å²) in [6.45, 7) is 3.21. The number of aliphatic hydroxyl groups excluding tert-OH is 1. The normalized spacial score (nSPS) is 21.8. The van der Waals surface area contributed by atoms with Gasteiger partial charge >= 0.3 is 0 Å². The number of anilines is 2. The first-order chi connectivity index (χ1) is 10.2. The number of hydrogen-bond donors (Lipinski definition) is 3. The third-order valence-electron chi connectivity index (χ3n) is 4.57. The van der Waals surface area contributed by atoms with Crippen molar-refractivity contribution in [3.05, 3.63) is 30.0 Å². The summed E-state index contributed by atoms with van der Waals surface area (Å²) in [6, 6.07) is 7.90. The highest BCUT2D eigenvalue weighted by molar-refractivity contribution is 5.93. The maximum atomic E-state index is 9.43. The van der Waals surface area contributed by atoms with Gasteiger partial charge in [0.1, 0.15) is 0 Å². The Bertz CT molecular complexity index is 641. The number of nitrogen functional groups attached to an aromatic ring is 1. The molecule has 1 saturated carbocycles. The molecule has 0 radical (unpaired) electrons. The Morgan fingerprint density at radius 3 is 2.90 bits per heavy atom. The molecule has 1 aromatic carbocycles. The molecule has 1 aliphatic carbocycles. The zero-order valence-electron chi connectivity index (χ0n) is 12.5. The third kappa shape index (κ3) is 2.95. The first-order valence-electron chi connectivity index (χ1n) is 7.69. The topological polar surface area (TPSA) is 71.2 Å².